The zero-order valence-electron chi connectivity index (χ0n) is 13.4. The molecule has 0 aromatic heterocycles. The summed E-state index contributed by atoms with van der Waals surface area (Å²) in [4.78, 5) is 23.0. The minimum atomic E-state index is -0.589. The minimum absolute atomic E-state index is 0.0927. The highest BCUT2D eigenvalue weighted by atomic mass is 79.9. The molecule has 7 nitrogen and oxygen atoms in total. The molecule has 2 N–H and O–H groups in total. The molecule has 1 aromatic carbocycles. The lowest BCUT2D eigenvalue weighted by Crippen LogP contribution is -2.27. The molecule has 0 saturated carbocycles. The molecule has 24 heavy (non-hydrogen) atoms. The molecule has 0 aliphatic carbocycles. The van der Waals surface area contributed by atoms with E-state index in [0.29, 0.717) is 22.2 Å². The topological polar surface area (TPSA) is 92.2 Å². The maximum Gasteiger partial charge on any atom is 0.412 e. The van der Waals surface area contributed by atoms with Crippen molar-refractivity contribution in [3.8, 4) is 0 Å². The van der Waals surface area contributed by atoms with Crippen molar-refractivity contribution in [3.63, 3.8) is 0 Å². The van der Waals surface area contributed by atoms with Gasteiger partial charge in [-0.2, -0.15) is 5.10 Å². The zero-order valence-corrected chi connectivity index (χ0v) is 15.8. The lowest BCUT2D eigenvalue weighted by atomic mass is 10.2. The number of hydrogen-bond donors (Lipinski definition) is 2. The number of carbonyl (C=O) groups is 2. The Labute approximate surface area is 152 Å². The summed E-state index contributed by atoms with van der Waals surface area (Å²) in [5.41, 5.74) is 0.599. The third-order valence-electron chi connectivity index (χ3n) is 2.58. The predicted molar refractivity (Wildman–Crippen MR) is 99.6 cm³/mol. The van der Waals surface area contributed by atoms with E-state index in [1.54, 1.807) is 32.9 Å². The second-order valence-corrected chi connectivity index (χ2v) is 7.72. The van der Waals surface area contributed by atoms with Crippen LogP contribution in [0.5, 0.6) is 0 Å². The smallest absolute Gasteiger partial charge is 0.412 e. The van der Waals surface area contributed by atoms with Crippen LogP contribution in [-0.4, -0.2) is 34.7 Å². The van der Waals surface area contributed by atoms with Gasteiger partial charge in [-0.3, -0.25) is 10.1 Å². The number of thioether (sulfide) groups is 1. The Morgan fingerprint density at radius 3 is 2.83 bits per heavy atom. The van der Waals surface area contributed by atoms with E-state index in [-0.39, 0.29) is 5.91 Å². The van der Waals surface area contributed by atoms with Crippen molar-refractivity contribution in [2.24, 2.45) is 10.2 Å². The van der Waals surface area contributed by atoms with Gasteiger partial charge in [-0.25, -0.2) is 4.79 Å². The van der Waals surface area contributed by atoms with Crippen molar-refractivity contribution in [1.82, 2.24) is 5.32 Å². The number of amides is 2. The van der Waals surface area contributed by atoms with E-state index >= 15 is 0 Å². The van der Waals surface area contributed by atoms with Gasteiger partial charge >= 0.3 is 6.09 Å². The first kappa shape index (κ1) is 18.5. The van der Waals surface area contributed by atoms with Gasteiger partial charge in [0, 0.05) is 10.0 Å². The maximum absolute atomic E-state index is 11.9. The van der Waals surface area contributed by atoms with Gasteiger partial charge in [-0.05, 0) is 32.9 Å². The standard InChI is InChI=1S/C15H17BrN4O3S/c1-15(2,3)23-14(22)18-11-6-10(16)5-4-9(11)7-17-20-13-19-12(21)8-24-13/h4-7H,8H2,1-3H3,(H,18,22)(H,19,20,21). The third-order valence-corrected chi connectivity index (χ3v) is 3.94. The minimum Gasteiger partial charge on any atom is -0.444 e. The molecule has 0 atom stereocenters. The van der Waals surface area contributed by atoms with Crippen molar-refractivity contribution >= 4 is 56.8 Å². The second kappa shape index (κ2) is 7.80. The average Bonchev–Trinajstić information content (AvgIpc) is 2.85. The number of nitrogens with one attached hydrogen (secondary N) is 2. The number of amidine groups is 1. The monoisotopic (exact) mass is 412 g/mol. The van der Waals surface area contributed by atoms with Crippen LogP contribution < -0.4 is 10.6 Å². The molecule has 9 heteroatoms. The molecule has 1 aliphatic rings. The predicted octanol–water partition coefficient (Wildman–Crippen LogP) is 3.35. The largest absolute Gasteiger partial charge is 0.444 e. The van der Waals surface area contributed by atoms with E-state index in [1.165, 1.54) is 18.0 Å². The highest BCUT2D eigenvalue weighted by Crippen LogP contribution is 2.21. The fraction of sp³-hybridized carbons (Fsp3) is 0.333. The van der Waals surface area contributed by atoms with Gasteiger partial charge in [0.2, 0.25) is 5.91 Å². The Morgan fingerprint density at radius 1 is 1.46 bits per heavy atom. The van der Waals surface area contributed by atoms with Crippen molar-refractivity contribution in [1.29, 1.82) is 0 Å². The Morgan fingerprint density at radius 2 is 2.21 bits per heavy atom. The summed E-state index contributed by atoms with van der Waals surface area (Å²) >= 11 is 4.65. The molecular weight excluding hydrogens is 396 g/mol. The summed E-state index contributed by atoms with van der Waals surface area (Å²) < 4.78 is 6.05. The summed E-state index contributed by atoms with van der Waals surface area (Å²) in [5.74, 6) is 0.253. The van der Waals surface area contributed by atoms with Crippen LogP contribution in [0.3, 0.4) is 0 Å². The highest BCUT2D eigenvalue weighted by Gasteiger charge is 2.17. The molecule has 0 unspecified atom stereocenters. The van der Waals surface area contributed by atoms with Gasteiger partial charge in [0.05, 0.1) is 17.7 Å². The lowest BCUT2D eigenvalue weighted by molar-refractivity contribution is -0.116. The first-order valence-corrected chi connectivity index (χ1v) is 8.84. The molecule has 0 spiro atoms. The average molecular weight is 413 g/mol. The number of nitrogens with zero attached hydrogens (tertiary/aromatic N) is 2. The van der Waals surface area contributed by atoms with Gasteiger partial charge in [-0.15, -0.1) is 5.10 Å². The van der Waals surface area contributed by atoms with E-state index in [4.69, 9.17) is 4.74 Å². The molecule has 2 rings (SSSR count). The van der Waals surface area contributed by atoms with Gasteiger partial charge in [0.1, 0.15) is 5.60 Å². The lowest BCUT2D eigenvalue weighted by Gasteiger charge is -2.20. The second-order valence-electron chi connectivity index (χ2n) is 5.85. The Balaban J connectivity index is 2.12. The number of benzene rings is 1. The zero-order chi connectivity index (χ0) is 17.7. The quantitative estimate of drug-likeness (QED) is 0.587. The van der Waals surface area contributed by atoms with E-state index < -0.39 is 11.7 Å². The number of halogens is 1. The molecule has 0 radical (unpaired) electrons. The van der Waals surface area contributed by atoms with E-state index in [2.05, 4.69) is 36.8 Å². The molecule has 2 amide bonds. The summed E-state index contributed by atoms with van der Waals surface area (Å²) in [6, 6.07) is 5.34. The number of carbonyl (C=O) groups excluding carboxylic acids is 2. The van der Waals surface area contributed by atoms with Gasteiger partial charge in [0.25, 0.3) is 0 Å². The van der Waals surface area contributed by atoms with Crippen LogP contribution in [0.25, 0.3) is 0 Å². The molecule has 128 valence electrons. The van der Waals surface area contributed by atoms with E-state index in [9.17, 15) is 9.59 Å². The maximum atomic E-state index is 11.9. The number of hydrogen-bond acceptors (Lipinski definition) is 6. The van der Waals surface area contributed by atoms with Gasteiger partial charge in [0.15, 0.2) is 5.17 Å². The van der Waals surface area contributed by atoms with Crippen LogP contribution in [0.15, 0.2) is 32.9 Å². The summed E-state index contributed by atoms with van der Waals surface area (Å²) in [7, 11) is 0. The summed E-state index contributed by atoms with van der Waals surface area (Å²) in [6.07, 6.45) is 0.942. The van der Waals surface area contributed by atoms with Crippen LogP contribution in [0.4, 0.5) is 10.5 Å². The van der Waals surface area contributed by atoms with E-state index in [0.717, 1.165) is 4.47 Å². The fourth-order valence-corrected chi connectivity index (χ4v) is 2.68. The molecule has 1 saturated heterocycles. The normalized spacial score (nSPS) is 16.5. The van der Waals surface area contributed by atoms with Crippen LogP contribution in [0, 0.1) is 0 Å². The molecule has 1 aliphatic heterocycles. The summed E-state index contributed by atoms with van der Waals surface area (Å²) in [6.45, 7) is 5.37. The van der Waals surface area contributed by atoms with Crippen LogP contribution in [0.1, 0.15) is 26.3 Å². The van der Waals surface area contributed by atoms with E-state index in [1.807, 2.05) is 6.07 Å². The van der Waals surface area contributed by atoms with Crippen LogP contribution >= 0.6 is 27.7 Å². The molecule has 1 fully saturated rings. The fourth-order valence-electron chi connectivity index (χ4n) is 1.69. The Hall–Kier alpha value is -1.87. The summed E-state index contributed by atoms with van der Waals surface area (Å²) in [5, 5.41) is 13.6. The van der Waals surface area contributed by atoms with Crippen molar-refractivity contribution in [3.05, 3.63) is 28.2 Å². The van der Waals surface area contributed by atoms with Crippen molar-refractivity contribution in [2.75, 3.05) is 11.1 Å². The first-order valence-electron chi connectivity index (χ1n) is 7.06. The molecule has 1 heterocycles. The number of ether oxygens (including phenoxy) is 1. The van der Waals surface area contributed by atoms with Gasteiger partial charge < -0.3 is 10.1 Å². The molecule has 0 bridgehead atoms. The van der Waals surface area contributed by atoms with Crippen LogP contribution in [0.2, 0.25) is 0 Å². The number of rotatable bonds is 3. The third kappa shape index (κ3) is 5.97. The van der Waals surface area contributed by atoms with Gasteiger partial charge in [-0.1, -0.05) is 33.8 Å². The number of anilines is 1. The molecular formula is C15H17BrN4O3S. The van der Waals surface area contributed by atoms with Crippen molar-refractivity contribution in [2.45, 2.75) is 26.4 Å². The Bertz CT molecular complexity index is 713. The SMILES string of the molecule is CC(C)(C)OC(=O)Nc1cc(Br)ccc1C=NN=C1NC(=O)CS1. The van der Waals surface area contributed by atoms with Crippen LogP contribution in [-0.2, 0) is 9.53 Å². The first-order chi connectivity index (χ1) is 11.2. The Kier molecular flexibility index (Phi) is 6.00. The highest BCUT2D eigenvalue weighted by molar-refractivity contribution is 9.10. The molecule has 1 aromatic rings. The van der Waals surface area contributed by atoms with Crippen molar-refractivity contribution < 1.29 is 14.3 Å².